The predicted molar refractivity (Wildman–Crippen MR) is 153 cm³/mol. The molecule has 0 aromatic rings. The maximum atomic E-state index is 13.6. The van der Waals surface area contributed by atoms with Crippen LogP contribution in [0.1, 0.15) is 106 Å². The summed E-state index contributed by atoms with van der Waals surface area (Å²) in [5.74, 6) is 1.24. The van der Waals surface area contributed by atoms with E-state index in [9.17, 15) is 19.2 Å². The third kappa shape index (κ3) is 6.04. The van der Waals surface area contributed by atoms with E-state index in [1.54, 1.807) is 0 Å². The van der Waals surface area contributed by atoms with Crippen molar-refractivity contribution in [2.24, 2.45) is 46.3 Å². The van der Waals surface area contributed by atoms with E-state index in [0.717, 1.165) is 51.4 Å². The van der Waals surface area contributed by atoms with Crippen molar-refractivity contribution in [2.45, 2.75) is 118 Å². The molecule has 0 aromatic heterocycles. The molecular weight excluding hydrogens is 506 g/mol. The lowest BCUT2D eigenvalue weighted by molar-refractivity contribution is -0.153. The molecule has 0 saturated heterocycles. The van der Waals surface area contributed by atoms with E-state index in [1.165, 1.54) is 26.3 Å². The average molecular weight is 558 g/mol. The molecule has 7 nitrogen and oxygen atoms in total. The Hall–Kier alpha value is -2.18. The summed E-state index contributed by atoms with van der Waals surface area (Å²) in [4.78, 5) is 48.7. The van der Waals surface area contributed by atoms with Crippen molar-refractivity contribution in [3.05, 3.63) is 11.6 Å². The molecule has 40 heavy (non-hydrogen) atoms. The second kappa shape index (κ2) is 12.0. The Labute approximate surface area is 240 Å². The van der Waals surface area contributed by atoms with E-state index in [-0.39, 0.29) is 64.4 Å². The number of ether oxygens (including phenoxy) is 2. The van der Waals surface area contributed by atoms with Crippen molar-refractivity contribution in [3.63, 3.8) is 0 Å². The first kappa shape index (κ1) is 30.8. The number of hydrogen-bond acceptors (Lipinski definition) is 6. The van der Waals surface area contributed by atoms with E-state index in [4.69, 9.17) is 9.47 Å². The fraction of sp³-hybridized carbons (Fsp3) is 0.818. The van der Waals surface area contributed by atoms with Crippen LogP contribution in [-0.4, -0.2) is 42.4 Å². The maximum absolute atomic E-state index is 13.6. The molecular formula is C33H51NO6. The molecule has 0 bridgehead atoms. The van der Waals surface area contributed by atoms with Gasteiger partial charge in [-0.2, -0.15) is 0 Å². The zero-order valence-electron chi connectivity index (χ0n) is 25.7. The quantitative estimate of drug-likeness (QED) is 0.284. The number of nitrogens with one attached hydrogen (secondary N) is 1. The second-order valence-electron chi connectivity index (χ2n) is 14.0. The number of allylic oxidation sites excluding steroid dienone is 1. The standard InChI is InChI=1S/C33H51NO6/c1-19(18-34-21(3)35)8-11-29(38)20(2)31-30(40-23(5)37)17-28-26-10-9-24-16-25(39-22(4)36)12-14-32(24,6)27(26)13-15-33(28,31)7/h9,19-20,25-28,30-31H,8,10-18H2,1-7H3,(H,34,35)/t19-,20+,25-,26-,27+,28-,30+,31-,32+,33+/m1/s1. The molecule has 0 aromatic carbocycles. The summed E-state index contributed by atoms with van der Waals surface area (Å²) in [7, 11) is 0. The van der Waals surface area contributed by atoms with Gasteiger partial charge in [0.2, 0.25) is 5.91 Å². The number of carbonyl (C=O) groups excluding carboxylic acids is 4. The number of carbonyl (C=O) groups is 4. The fourth-order valence-electron chi connectivity index (χ4n) is 9.45. The van der Waals surface area contributed by atoms with Crippen molar-refractivity contribution < 1.29 is 28.7 Å². The van der Waals surface area contributed by atoms with Gasteiger partial charge in [0.15, 0.2) is 0 Å². The summed E-state index contributed by atoms with van der Waals surface area (Å²) in [5.41, 5.74) is 1.51. The Morgan fingerprint density at radius 3 is 2.35 bits per heavy atom. The molecule has 7 heteroatoms. The largest absolute Gasteiger partial charge is 0.462 e. The number of fused-ring (bicyclic) bond motifs is 5. The fourth-order valence-corrected chi connectivity index (χ4v) is 9.45. The van der Waals surface area contributed by atoms with Crippen molar-refractivity contribution in [1.29, 1.82) is 0 Å². The number of Topliss-reactive ketones (excluding diaryl/α,β-unsaturated/α-hetero) is 1. The second-order valence-corrected chi connectivity index (χ2v) is 14.0. The van der Waals surface area contributed by atoms with Gasteiger partial charge in [-0.25, -0.2) is 0 Å². The van der Waals surface area contributed by atoms with Crippen LogP contribution in [0.5, 0.6) is 0 Å². The Bertz CT molecular complexity index is 1040. The molecule has 0 radical (unpaired) electrons. The summed E-state index contributed by atoms with van der Waals surface area (Å²) in [5, 5.41) is 2.85. The molecule has 0 spiro atoms. The highest BCUT2D eigenvalue weighted by Crippen LogP contribution is 2.67. The molecule has 4 aliphatic rings. The first-order valence-corrected chi connectivity index (χ1v) is 15.6. The smallest absolute Gasteiger partial charge is 0.302 e. The minimum Gasteiger partial charge on any atom is -0.462 e. The minimum absolute atomic E-state index is 0.0124. The van der Waals surface area contributed by atoms with Gasteiger partial charge in [0, 0.05) is 52.0 Å². The Balaban J connectivity index is 1.52. The van der Waals surface area contributed by atoms with Crippen LogP contribution in [0.3, 0.4) is 0 Å². The summed E-state index contributed by atoms with van der Waals surface area (Å²) >= 11 is 0. The first-order valence-electron chi connectivity index (χ1n) is 15.6. The van der Waals surface area contributed by atoms with Gasteiger partial charge in [0.1, 0.15) is 18.0 Å². The lowest BCUT2D eigenvalue weighted by Gasteiger charge is -2.58. The van der Waals surface area contributed by atoms with Crippen LogP contribution in [-0.2, 0) is 28.7 Å². The van der Waals surface area contributed by atoms with Gasteiger partial charge in [0.05, 0.1) is 0 Å². The van der Waals surface area contributed by atoms with Crippen molar-refractivity contribution in [2.75, 3.05) is 6.54 Å². The number of ketones is 1. The maximum Gasteiger partial charge on any atom is 0.302 e. The average Bonchev–Trinajstić information content (AvgIpc) is 3.16. The molecule has 4 aliphatic carbocycles. The molecule has 1 amide bonds. The zero-order valence-corrected chi connectivity index (χ0v) is 25.7. The molecule has 10 atom stereocenters. The highest BCUT2D eigenvalue weighted by molar-refractivity contribution is 5.81. The van der Waals surface area contributed by atoms with Crippen molar-refractivity contribution in [1.82, 2.24) is 5.32 Å². The lowest BCUT2D eigenvalue weighted by atomic mass is 9.47. The number of hydrogen-bond donors (Lipinski definition) is 1. The van der Waals surface area contributed by atoms with E-state index >= 15 is 0 Å². The zero-order chi connectivity index (χ0) is 29.4. The van der Waals surface area contributed by atoms with Crippen LogP contribution in [0.15, 0.2) is 11.6 Å². The Morgan fingerprint density at radius 2 is 1.70 bits per heavy atom. The van der Waals surface area contributed by atoms with Crippen molar-refractivity contribution >= 4 is 23.6 Å². The Kier molecular flexibility index (Phi) is 9.21. The van der Waals surface area contributed by atoms with Crippen LogP contribution in [0.25, 0.3) is 0 Å². The molecule has 0 heterocycles. The van der Waals surface area contributed by atoms with Gasteiger partial charge >= 0.3 is 11.9 Å². The number of amides is 1. The van der Waals surface area contributed by atoms with Gasteiger partial charge in [-0.3, -0.25) is 19.2 Å². The van der Waals surface area contributed by atoms with Gasteiger partial charge < -0.3 is 14.8 Å². The van der Waals surface area contributed by atoms with Gasteiger partial charge in [0.25, 0.3) is 0 Å². The van der Waals surface area contributed by atoms with Gasteiger partial charge in [-0.05, 0) is 79.4 Å². The molecule has 3 saturated carbocycles. The number of rotatable bonds is 9. The molecule has 1 N–H and O–H groups in total. The molecule has 0 unspecified atom stereocenters. The lowest BCUT2D eigenvalue weighted by Crippen LogP contribution is -2.51. The molecule has 4 rings (SSSR count). The third-order valence-corrected chi connectivity index (χ3v) is 11.4. The van der Waals surface area contributed by atoms with Crippen LogP contribution in [0.4, 0.5) is 0 Å². The molecule has 0 aliphatic heterocycles. The monoisotopic (exact) mass is 557 g/mol. The minimum atomic E-state index is -0.265. The van der Waals surface area contributed by atoms with Crippen molar-refractivity contribution in [3.8, 4) is 0 Å². The highest BCUT2D eigenvalue weighted by Gasteiger charge is 2.63. The van der Waals surface area contributed by atoms with Crippen LogP contribution < -0.4 is 5.32 Å². The van der Waals surface area contributed by atoms with Gasteiger partial charge in [-0.15, -0.1) is 0 Å². The highest BCUT2D eigenvalue weighted by atomic mass is 16.5. The normalized spacial score (nSPS) is 38.0. The summed E-state index contributed by atoms with van der Waals surface area (Å²) in [6.45, 7) is 14.0. The van der Waals surface area contributed by atoms with E-state index in [1.807, 2.05) is 0 Å². The van der Waals surface area contributed by atoms with Crippen LogP contribution in [0.2, 0.25) is 0 Å². The Morgan fingerprint density at radius 1 is 1.00 bits per heavy atom. The molecule has 3 fully saturated rings. The molecule has 224 valence electrons. The first-order chi connectivity index (χ1) is 18.8. The van der Waals surface area contributed by atoms with Crippen LogP contribution >= 0.6 is 0 Å². The predicted octanol–water partition coefficient (Wildman–Crippen LogP) is 5.80. The summed E-state index contributed by atoms with van der Waals surface area (Å²) in [6, 6.07) is 0. The topological polar surface area (TPSA) is 98.8 Å². The van der Waals surface area contributed by atoms with E-state index in [2.05, 4.69) is 39.1 Å². The summed E-state index contributed by atoms with van der Waals surface area (Å²) in [6.07, 6.45) is 10.2. The third-order valence-electron chi connectivity index (χ3n) is 11.4. The summed E-state index contributed by atoms with van der Waals surface area (Å²) < 4.78 is 11.6. The SMILES string of the molecule is CC(=O)NC[C@H](C)CCC(=O)[C@H](C)[C@@H]1[C@@H](OC(C)=O)C[C@@H]2[C@@H]3CC=C4C[C@H](OC(C)=O)CC[C@]4(C)[C@H]3CC[C@]12C. The van der Waals surface area contributed by atoms with E-state index < -0.39 is 0 Å². The van der Waals surface area contributed by atoms with Crippen LogP contribution in [0, 0.1) is 46.3 Å². The number of esters is 2. The van der Waals surface area contributed by atoms with E-state index in [0.29, 0.717) is 30.7 Å². The van der Waals surface area contributed by atoms with Gasteiger partial charge in [-0.1, -0.05) is 39.3 Å².